The maximum atomic E-state index is 15.1. The van der Waals surface area contributed by atoms with Crippen LogP contribution in [0, 0.1) is 33.5 Å². The highest BCUT2D eigenvalue weighted by atomic mass is 35.5. The van der Waals surface area contributed by atoms with Gasteiger partial charge in [-0.3, -0.25) is 9.69 Å². The van der Waals surface area contributed by atoms with Crippen molar-refractivity contribution in [1.29, 1.82) is 0 Å². The number of benzene rings is 2. The van der Waals surface area contributed by atoms with E-state index in [1.807, 2.05) is 18.2 Å². The first-order chi connectivity index (χ1) is 26.6. The molecule has 4 fully saturated rings. The number of allylic oxidation sites excluding steroid dienone is 4. The van der Waals surface area contributed by atoms with Crippen LogP contribution in [0.4, 0.5) is 18.9 Å². The van der Waals surface area contributed by atoms with E-state index in [1.54, 1.807) is 7.11 Å². The summed E-state index contributed by atoms with van der Waals surface area (Å²) in [4.78, 5) is 19.8. The Labute approximate surface area is 331 Å². The van der Waals surface area contributed by atoms with Crippen LogP contribution in [-0.2, 0) is 6.18 Å². The molecule has 8 unspecified atom stereocenters. The lowest BCUT2D eigenvalue weighted by atomic mass is 9.32. The standard InChI is InChI=1S/C45H50ClF3N2O5/c1-40-15-12-29(52)25-42(40)18-19-44(31(26-42)39(53)36-11-10-34(56-36)30-24-28(45(47,48)49)8-9-32(30)46)37(40)13-16-41(2)38(44)14-17-43(41,54)27-50-20-22-51(23-21-50)33-6-4-5-7-35(33)55-3/h4-11,18-19,24,26,29,37-38,52,54H,12-17,20-23,25,27H2,1-3H3. The van der Waals surface area contributed by atoms with E-state index < -0.39 is 39.7 Å². The number of carbonyl (C=O) groups excluding carboxylic acids is 1. The number of nitrogens with zero attached hydrogens (tertiary/aromatic N) is 2. The molecule has 2 aromatic carbocycles. The summed E-state index contributed by atoms with van der Waals surface area (Å²) in [7, 11) is 1.69. The van der Waals surface area contributed by atoms with Gasteiger partial charge in [0.2, 0.25) is 5.78 Å². The first-order valence-electron chi connectivity index (χ1n) is 20.0. The van der Waals surface area contributed by atoms with Crippen LogP contribution in [-0.4, -0.2) is 72.4 Å². The zero-order chi connectivity index (χ0) is 39.5. The second kappa shape index (κ2) is 13.0. The summed E-state index contributed by atoms with van der Waals surface area (Å²) in [5, 5.41) is 24.1. The van der Waals surface area contributed by atoms with Gasteiger partial charge in [0.25, 0.3) is 0 Å². The Kier molecular flexibility index (Phi) is 8.79. The van der Waals surface area contributed by atoms with E-state index in [0.717, 1.165) is 75.4 Å². The number of ketones is 1. The van der Waals surface area contributed by atoms with Gasteiger partial charge in [-0.1, -0.05) is 55.8 Å². The Morgan fingerprint density at radius 2 is 1.66 bits per heavy atom. The molecule has 2 heterocycles. The topological polar surface area (TPSA) is 86.4 Å². The number of aliphatic hydroxyl groups is 2. The molecule has 3 saturated carbocycles. The lowest BCUT2D eigenvalue weighted by molar-refractivity contribution is -0.176. The molecule has 1 aliphatic heterocycles. The molecule has 1 saturated heterocycles. The highest BCUT2D eigenvalue weighted by Crippen LogP contribution is 2.78. The SMILES string of the molecule is COc1ccccc1N1CCN(CC2(O)CCC3C45C=CC6(C=C4C(=O)c4ccc(-c7cc(C(F)(F)F)ccc7Cl)o4)CC(O)CCC6(C)C5CCC32C)CC1. The fraction of sp³-hybridized carbons (Fsp3) is 0.533. The number of para-hydroxylation sites is 2. The Hall–Kier alpha value is -3.57. The number of rotatable bonds is 7. The maximum absolute atomic E-state index is 15.1. The zero-order valence-corrected chi connectivity index (χ0v) is 32.9. The van der Waals surface area contributed by atoms with Crippen LogP contribution >= 0.6 is 11.6 Å². The number of Topliss-reactive ketones (excluding diaryl/α,β-unsaturated/α-hetero) is 1. The van der Waals surface area contributed by atoms with E-state index in [9.17, 15) is 23.4 Å². The van der Waals surface area contributed by atoms with Gasteiger partial charge in [-0.05, 0) is 105 Å². The predicted molar refractivity (Wildman–Crippen MR) is 209 cm³/mol. The van der Waals surface area contributed by atoms with Crippen LogP contribution in [0.15, 0.2) is 82.8 Å². The summed E-state index contributed by atoms with van der Waals surface area (Å²) in [5.74, 6) is 0.715. The average Bonchev–Trinajstić information content (AvgIpc) is 3.77. The van der Waals surface area contributed by atoms with Crippen LogP contribution in [0.3, 0.4) is 0 Å². The number of aliphatic hydroxyl groups excluding tert-OH is 1. The van der Waals surface area contributed by atoms with Gasteiger partial charge >= 0.3 is 6.18 Å². The molecule has 7 nitrogen and oxygen atoms in total. The Morgan fingerprint density at radius 3 is 2.41 bits per heavy atom. The number of alkyl halides is 3. The maximum Gasteiger partial charge on any atom is 0.416 e. The fourth-order valence-electron chi connectivity index (χ4n) is 12.6. The lowest BCUT2D eigenvalue weighted by Gasteiger charge is -2.71. The summed E-state index contributed by atoms with van der Waals surface area (Å²) in [6.45, 7) is 8.36. The largest absolute Gasteiger partial charge is 0.495 e. The number of halogens is 4. The number of methoxy groups -OCH3 is 1. The molecular formula is C45H50ClF3N2O5. The fourth-order valence-corrected chi connectivity index (χ4v) is 12.8. The molecule has 0 radical (unpaired) electrons. The molecule has 6 aliphatic carbocycles. The zero-order valence-electron chi connectivity index (χ0n) is 32.2. The average molecular weight is 791 g/mol. The van der Waals surface area contributed by atoms with Gasteiger partial charge in [0.15, 0.2) is 5.76 Å². The second-order valence-corrected chi connectivity index (χ2v) is 18.3. The summed E-state index contributed by atoms with van der Waals surface area (Å²) in [6, 6.07) is 14.2. The monoisotopic (exact) mass is 790 g/mol. The molecule has 298 valence electrons. The lowest BCUT2D eigenvalue weighted by Crippen LogP contribution is -2.67. The molecule has 8 atom stereocenters. The van der Waals surface area contributed by atoms with Crippen LogP contribution in [0.5, 0.6) is 5.75 Å². The van der Waals surface area contributed by atoms with Crippen LogP contribution in [0.25, 0.3) is 11.3 Å². The van der Waals surface area contributed by atoms with Crippen molar-refractivity contribution in [3.05, 3.63) is 94.7 Å². The molecule has 56 heavy (non-hydrogen) atoms. The van der Waals surface area contributed by atoms with Gasteiger partial charge in [-0.15, -0.1) is 0 Å². The number of fused-ring (bicyclic) bond motifs is 1. The van der Waals surface area contributed by atoms with Gasteiger partial charge in [0.1, 0.15) is 11.5 Å². The van der Waals surface area contributed by atoms with Gasteiger partial charge in [0.05, 0.1) is 35.1 Å². The van der Waals surface area contributed by atoms with Gasteiger partial charge in [-0.2, -0.15) is 13.2 Å². The number of β-amino-alcohol motifs (C(OH)–C–C–N with tert-alkyl or cyclic N) is 1. The van der Waals surface area contributed by atoms with Gasteiger partial charge in [0, 0.05) is 60.1 Å². The van der Waals surface area contributed by atoms with E-state index in [2.05, 4.69) is 47.9 Å². The number of piperazine rings is 1. The molecular weight excluding hydrogens is 741 g/mol. The van der Waals surface area contributed by atoms with Gasteiger partial charge < -0.3 is 24.3 Å². The van der Waals surface area contributed by atoms with Crippen molar-refractivity contribution in [3.8, 4) is 17.1 Å². The highest BCUT2D eigenvalue weighted by molar-refractivity contribution is 6.33. The van der Waals surface area contributed by atoms with Crippen molar-refractivity contribution in [2.24, 2.45) is 33.5 Å². The third-order valence-electron chi connectivity index (χ3n) is 15.6. The number of furan rings is 1. The molecule has 0 amide bonds. The normalized spacial score (nSPS) is 36.5. The number of hydrogen-bond donors (Lipinski definition) is 2. The number of hydrogen-bond acceptors (Lipinski definition) is 7. The Bertz CT molecular complexity index is 2130. The van der Waals surface area contributed by atoms with E-state index in [0.29, 0.717) is 31.4 Å². The quantitative estimate of drug-likeness (QED) is 0.182. The van der Waals surface area contributed by atoms with Crippen molar-refractivity contribution in [2.45, 2.75) is 76.7 Å². The molecule has 3 aromatic rings. The number of anilines is 1. The van der Waals surface area contributed by atoms with E-state index in [4.69, 9.17) is 20.8 Å². The molecule has 10 rings (SSSR count). The predicted octanol–water partition coefficient (Wildman–Crippen LogP) is 9.22. The second-order valence-electron chi connectivity index (χ2n) is 17.9. The van der Waals surface area contributed by atoms with E-state index >= 15 is 4.79 Å². The molecule has 1 aromatic heterocycles. The van der Waals surface area contributed by atoms with Crippen molar-refractivity contribution in [1.82, 2.24) is 4.90 Å². The van der Waals surface area contributed by atoms with Crippen molar-refractivity contribution in [3.63, 3.8) is 0 Å². The summed E-state index contributed by atoms with van der Waals surface area (Å²) < 4.78 is 52.8. The molecule has 11 heteroatoms. The first kappa shape index (κ1) is 38.0. The molecule has 7 aliphatic rings. The van der Waals surface area contributed by atoms with E-state index in [1.165, 1.54) is 18.2 Å². The third-order valence-corrected chi connectivity index (χ3v) is 16.0. The molecule has 2 bridgehead atoms. The van der Waals surface area contributed by atoms with Crippen LogP contribution in [0.2, 0.25) is 5.02 Å². The minimum atomic E-state index is -4.57. The van der Waals surface area contributed by atoms with Crippen LogP contribution < -0.4 is 9.64 Å². The minimum Gasteiger partial charge on any atom is -0.495 e. The van der Waals surface area contributed by atoms with E-state index in [-0.39, 0.29) is 45.1 Å². The summed E-state index contributed by atoms with van der Waals surface area (Å²) >= 11 is 6.39. The smallest absolute Gasteiger partial charge is 0.416 e. The van der Waals surface area contributed by atoms with Crippen molar-refractivity contribution in [2.75, 3.05) is 44.7 Å². The van der Waals surface area contributed by atoms with Crippen LogP contribution in [0.1, 0.15) is 74.9 Å². The third kappa shape index (κ3) is 5.37. The Balaban J connectivity index is 1.05. The number of carbonyl (C=O) groups is 1. The van der Waals surface area contributed by atoms with Crippen molar-refractivity contribution < 1.29 is 37.3 Å². The highest BCUT2D eigenvalue weighted by Gasteiger charge is 2.74. The summed E-state index contributed by atoms with van der Waals surface area (Å²) in [6.07, 6.45) is 6.61. The van der Waals surface area contributed by atoms with Gasteiger partial charge in [-0.25, -0.2) is 0 Å². The minimum absolute atomic E-state index is 0.0386. The van der Waals surface area contributed by atoms with Crippen molar-refractivity contribution >= 4 is 23.1 Å². The molecule has 2 N–H and O–H groups in total. The molecule has 2 spiro atoms. The number of ether oxygens (including phenoxy) is 1. The summed E-state index contributed by atoms with van der Waals surface area (Å²) in [5.41, 5.74) is -2.03. The first-order valence-corrected chi connectivity index (χ1v) is 20.4. The Morgan fingerprint density at radius 1 is 0.946 bits per heavy atom.